The molecule has 0 radical (unpaired) electrons. The molecular weight excluding hydrogens is 164 g/mol. The lowest BCUT2D eigenvalue weighted by Crippen LogP contribution is -2.24. The van der Waals surface area contributed by atoms with Crippen LogP contribution in [0.15, 0.2) is 0 Å². The minimum atomic E-state index is 0.374. The molecule has 2 aliphatic rings. The number of fused-ring (bicyclic) bond motifs is 1. The lowest BCUT2D eigenvalue weighted by molar-refractivity contribution is -0.116. The van der Waals surface area contributed by atoms with Crippen LogP contribution in [0.2, 0.25) is 0 Å². The minimum Gasteiger partial charge on any atom is -0.298 e. The Hall–Kier alpha value is 0.370. The van der Waals surface area contributed by atoms with Gasteiger partial charge in [0.25, 0.3) is 0 Å². The molecule has 1 aliphatic heterocycles. The monoisotopic (exact) mass is 174 g/mol. The van der Waals surface area contributed by atoms with Crippen molar-refractivity contribution in [3.8, 4) is 0 Å². The molecule has 0 aromatic carbocycles. The van der Waals surface area contributed by atoms with Gasteiger partial charge in [0.05, 0.1) is 5.25 Å². The molecule has 56 valence electrons. The van der Waals surface area contributed by atoms with E-state index in [1.54, 1.807) is 0 Å². The maximum Gasteiger partial charge on any atom is 0.146 e. The third kappa shape index (κ3) is 1.10. The molecule has 0 N–H and O–H groups in total. The van der Waals surface area contributed by atoms with E-state index in [-0.39, 0.29) is 0 Å². The van der Waals surface area contributed by atoms with Gasteiger partial charge in [0, 0.05) is 23.2 Å². The van der Waals surface area contributed by atoms with Gasteiger partial charge < -0.3 is 0 Å². The Bertz CT molecular complexity index is 158. The van der Waals surface area contributed by atoms with Gasteiger partial charge in [0.15, 0.2) is 0 Å². The summed E-state index contributed by atoms with van der Waals surface area (Å²) in [6, 6.07) is 0. The maximum atomic E-state index is 11.2. The van der Waals surface area contributed by atoms with Crippen LogP contribution in [0.3, 0.4) is 0 Å². The third-order valence-corrected chi connectivity index (χ3v) is 5.24. The van der Waals surface area contributed by atoms with Gasteiger partial charge in [-0.2, -0.15) is 11.8 Å². The first kappa shape index (κ1) is 7.04. The van der Waals surface area contributed by atoms with Crippen molar-refractivity contribution in [2.24, 2.45) is 0 Å². The second-order valence-electron chi connectivity index (χ2n) is 2.71. The number of hydrogen-bond donors (Lipinski definition) is 0. The highest BCUT2D eigenvalue weighted by Gasteiger charge is 2.37. The Kier molecular flexibility index (Phi) is 1.96. The molecule has 0 amide bonds. The van der Waals surface area contributed by atoms with Crippen molar-refractivity contribution in [3.05, 3.63) is 0 Å². The molecule has 2 atom stereocenters. The average Bonchev–Trinajstić information content (AvgIpc) is 2.34. The van der Waals surface area contributed by atoms with Crippen LogP contribution in [0.1, 0.15) is 12.8 Å². The maximum absolute atomic E-state index is 11.2. The summed E-state index contributed by atoms with van der Waals surface area (Å²) in [5.41, 5.74) is 0. The van der Waals surface area contributed by atoms with Crippen molar-refractivity contribution in [3.63, 3.8) is 0 Å². The molecule has 1 saturated heterocycles. The molecule has 1 aliphatic carbocycles. The van der Waals surface area contributed by atoms with E-state index >= 15 is 0 Å². The Balaban J connectivity index is 2.08. The zero-order valence-electron chi connectivity index (χ0n) is 5.71. The van der Waals surface area contributed by atoms with E-state index in [9.17, 15) is 4.79 Å². The number of Topliss-reactive ketones (excluding diaryl/α,β-unsaturated/α-hetero) is 1. The highest BCUT2D eigenvalue weighted by molar-refractivity contribution is 8.07. The van der Waals surface area contributed by atoms with Gasteiger partial charge in [-0.15, -0.1) is 11.8 Å². The van der Waals surface area contributed by atoms with Crippen LogP contribution in [-0.4, -0.2) is 27.8 Å². The molecular formula is C7H10OS2. The van der Waals surface area contributed by atoms with Crippen LogP contribution < -0.4 is 0 Å². The van der Waals surface area contributed by atoms with Crippen LogP contribution in [0, 0.1) is 0 Å². The molecule has 3 heteroatoms. The van der Waals surface area contributed by atoms with Gasteiger partial charge in [-0.1, -0.05) is 0 Å². The van der Waals surface area contributed by atoms with Crippen LogP contribution in [-0.2, 0) is 4.79 Å². The van der Waals surface area contributed by atoms with E-state index in [1.807, 2.05) is 23.5 Å². The first-order valence-corrected chi connectivity index (χ1v) is 5.73. The fourth-order valence-corrected chi connectivity index (χ4v) is 4.59. The fourth-order valence-electron chi connectivity index (χ4n) is 1.53. The second-order valence-corrected chi connectivity index (χ2v) is 5.30. The normalized spacial score (nSPS) is 39.8. The third-order valence-electron chi connectivity index (χ3n) is 2.04. The Morgan fingerprint density at radius 2 is 2.10 bits per heavy atom. The van der Waals surface area contributed by atoms with Gasteiger partial charge in [0.2, 0.25) is 0 Å². The Morgan fingerprint density at radius 3 is 2.90 bits per heavy atom. The lowest BCUT2D eigenvalue weighted by Gasteiger charge is -2.22. The summed E-state index contributed by atoms with van der Waals surface area (Å²) in [6.45, 7) is 0. The molecule has 1 heterocycles. The molecule has 0 unspecified atom stereocenters. The predicted octanol–water partition coefficient (Wildman–Crippen LogP) is 1.57. The zero-order chi connectivity index (χ0) is 6.97. The number of carbonyl (C=O) groups is 1. The van der Waals surface area contributed by atoms with Crippen LogP contribution in [0.4, 0.5) is 0 Å². The number of thioether (sulfide) groups is 2. The molecule has 0 aromatic rings. The molecule has 2 rings (SSSR count). The van der Waals surface area contributed by atoms with Crippen molar-refractivity contribution in [1.82, 2.24) is 0 Å². The quantitative estimate of drug-likeness (QED) is 0.555. The number of ketones is 1. The first-order valence-electron chi connectivity index (χ1n) is 3.64. The first-order chi connectivity index (χ1) is 4.88. The molecule has 2 fully saturated rings. The largest absolute Gasteiger partial charge is 0.298 e. The fraction of sp³-hybridized carbons (Fsp3) is 0.857. The van der Waals surface area contributed by atoms with Gasteiger partial charge in [0.1, 0.15) is 5.78 Å². The number of carbonyl (C=O) groups excluding carboxylic acids is 1. The Morgan fingerprint density at radius 1 is 1.30 bits per heavy atom. The zero-order valence-corrected chi connectivity index (χ0v) is 7.34. The lowest BCUT2D eigenvalue weighted by atomic mass is 10.3. The highest BCUT2D eigenvalue weighted by Crippen LogP contribution is 2.39. The Labute approximate surface area is 69.3 Å². The SMILES string of the molecule is O=C1CC[C@@H]2SCCS[C@@H]12. The molecule has 0 spiro atoms. The van der Waals surface area contributed by atoms with Crippen molar-refractivity contribution in [2.45, 2.75) is 23.3 Å². The van der Waals surface area contributed by atoms with Gasteiger partial charge >= 0.3 is 0 Å². The van der Waals surface area contributed by atoms with Crippen LogP contribution in [0.25, 0.3) is 0 Å². The number of hydrogen-bond acceptors (Lipinski definition) is 3. The molecule has 10 heavy (non-hydrogen) atoms. The van der Waals surface area contributed by atoms with E-state index in [0.717, 1.165) is 12.8 Å². The molecule has 0 bridgehead atoms. The van der Waals surface area contributed by atoms with E-state index in [1.165, 1.54) is 11.5 Å². The van der Waals surface area contributed by atoms with Gasteiger partial charge in [-0.05, 0) is 6.42 Å². The second kappa shape index (κ2) is 2.78. The number of rotatable bonds is 0. The van der Waals surface area contributed by atoms with Crippen LogP contribution >= 0.6 is 23.5 Å². The van der Waals surface area contributed by atoms with Crippen LogP contribution in [0.5, 0.6) is 0 Å². The van der Waals surface area contributed by atoms with Crippen molar-refractivity contribution >= 4 is 29.3 Å². The van der Waals surface area contributed by atoms with E-state index < -0.39 is 0 Å². The van der Waals surface area contributed by atoms with E-state index in [0.29, 0.717) is 16.3 Å². The van der Waals surface area contributed by atoms with Crippen molar-refractivity contribution in [1.29, 1.82) is 0 Å². The summed E-state index contributed by atoms with van der Waals surface area (Å²) in [4.78, 5) is 11.2. The standard InChI is InChI=1S/C7H10OS2/c8-5-1-2-6-7(5)10-4-3-9-6/h6-7H,1-4H2/t6-,7-/m0/s1. The van der Waals surface area contributed by atoms with Gasteiger partial charge in [-0.3, -0.25) is 4.79 Å². The average molecular weight is 174 g/mol. The molecule has 1 saturated carbocycles. The van der Waals surface area contributed by atoms with E-state index in [4.69, 9.17) is 0 Å². The molecule has 1 nitrogen and oxygen atoms in total. The predicted molar refractivity (Wildman–Crippen MR) is 46.7 cm³/mol. The minimum absolute atomic E-state index is 0.374. The van der Waals surface area contributed by atoms with E-state index in [2.05, 4.69) is 0 Å². The summed E-state index contributed by atoms with van der Waals surface area (Å²) < 4.78 is 0. The smallest absolute Gasteiger partial charge is 0.146 e. The summed E-state index contributed by atoms with van der Waals surface area (Å²) in [5, 5.41) is 1.05. The topological polar surface area (TPSA) is 17.1 Å². The summed E-state index contributed by atoms with van der Waals surface area (Å²) in [6.07, 6.45) is 1.98. The summed E-state index contributed by atoms with van der Waals surface area (Å²) in [7, 11) is 0. The summed E-state index contributed by atoms with van der Waals surface area (Å²) >= 11 is 3.87. The molecule has 0 aromatic heterocycles. The summed E-state index contributed by atoms with van der Waals surface area (Å²) in [5.74, 6) is 2.93. The van der Waals surface area contributed by atoms with Crippen molar-refractivity contribution in [2.75, 3.05) is 11.5 Å². The van der Waals surface area contributed by atoms with Gasteiger partial charge in [-0.25, -0.2) is 0 Å². The highest BCUT2D eigenvalue weighted by atomic mass is 32.2. The van der Waals surface area contributed by atoms with Crippen molar-refractivity contribution < 1.29 is 4.79 Å².